The fraction of sp³-hybridized carbons (Fsp3) is 0.350. The molecule has 1 fully saturated rings. The fourth-order valence-electron chi connectivity index (χ4n) is 4.38. The van der Waals surface area contributed by atoms with Crippen LogP contribution in [-0.4, -0.2) is 72.6 Å². The van der Waals surface area contributed by atoms with E-state index in [0.717, 1.165) is 4.70 Å². The van der Waals surface area contributed by atoms with Crippen molar-refractivity contribution in [1.29, 1.82) is 5.26 Å². The Labute approximate surface area is 211 Å². The molecule has 3 aromatic heterocycles. The van der Waals surface area contributed by atoms with E-state index in [4.69, 9.17) is 21.1 Å². The maximum atomic E-state index is 11.7. The molecule has 1 aliphatic heterocycles. The SMILES string of the molecule is CO[C@@H]1[C@H](S)O[C@@H](CO)[C@@H](O)[C@@]1(c1cc2scnc2cc1C#N)n1cc(-c2nc(Cl)cs2)nn1. The molecule has 2 N–H and O–H groups in total. The molecule has 0 amide bonds. The molecule has 5 rings (SSSR count). The number of aliphatic hydroxyl groups is 2. The first kappa shape index (κ1) is 23.6. The zero-order valence-electron chi connectivity index (χ0n) is 17.4. The minimum Gasteiger partial charge on any atom is -0.394 e. The Morgan fingerprint density at radius 3 is 2.91 bits per heavy atom. The van der Waals surface area contributed by atoms with Crippen molar-refractivity contribution in [2.75, 3.05) is 13.7 Å². The summed E-state index contributed by atoms with van der Waals surface area (Å²) < 4.78 is 13.8. The molecule has 10 nitrogen and oxygen atoms in total. The van der Waals surface area contributed by atoms with E-state index >= 15 is 0 Å². The van der Waals surface area contributed by atoms with Gasteiger partial charge in [-0.2, -0.15) is 5.26 Å². The number of halogens is 1. The molecule has 0 unspecified atom stereocenters. The van der Waals surface area contributed by atoms with Gasteiger partial charge in [-0.1, -0.05) is 16.8 Å². The van der Waals surface area contributed by atoms with Crippen LogP contribution < -0.4 is 0 Å². The summed E-state index contributed by atoms with van der Waals surface area (Å²) in [6, 6.07) is 5.64. The number of aliphatic hydroxyl groups excluding tert-OH is 2. The second-order valence-electron chi connectivity index (χ2n) is 7.53. The van der Waals surface area contributed by atoms with E-state index in [1.807, 2.05) is 0 Å². The minimum atomic E-state index is -1.54. The molecule has 1 saturated heterocycles. The van der Waals surface area contributed by atoms with Crippen molar-refractivity contribution >= 4 is 57.1 Å². The van der Waals surface area contributed by atoms with Crippen LogP contribution in [-0.2, 0) is 15.0 Å². The Balaban J connectivity index is 1.82. The third-order valence-electron chi connectivity index (χ3n) is 5.83. The third kappa shape index (κ3) is 3.53. The predicted molar refractivity (Wildman–Crippen MR) is 129 cm³/mol. The maximum absolute atomic E-state index is 11.7. The molecule has 0 saturated carbocycles. The molecule has 176 valence electrons. The van der Waals surface area contributed by atoms with Crippen LogP contribution in [0, 0.1) is 11.3 Å². The molecule has 4 heterocycles. The van der Waals surface area contributed by atoms with Gasteiger partial charge in [-0.15, -0.1) is 40.4 Å². The molecule has 4 aromatic rings. The van der Waals surface area contributed by atoms with E-state index in [9.17, 15) is 15.5 Å². The molecule has 34 heavy (non-hydrogen) atoms. The van der Waals surface area contributed by atoms with Crippen molar-refractivity contribution in [3.05, 3.63) is 45.5 Å². The lowest BCUT2D eigenvalue weighted by Crippen LogP contribution is -2.68. The number of hydrogen-bond acceptors (Lipinski definition) is 12. The van der Waals surface area contributed by atoms with Crippen LogP contribution in [0.25, 0.3) is 20.9 Å². The number of nitrogens with zero attached hydrogens (tertiary/aromatic N) is 6. The van der Waals surface area contributed by atoms with Gasteiger partial charge in [0, 0.05) is 18.1 Å². The highest BCUT2D eigenvalue weighted by atomic mass is 35.5. The van der Waals surface area contributed by atoms with E-state index < -0.39 is 35.9 Å². The summed E-state index contributed by atoms with van der Waals surface area (Å²) in [6.45, 7) is -0.495. The van der Waals surface area contributed by atoms with Crippen molar-refractivity contribution in [2.24, 2.45) is 0 Å². The second kappa shape index (κ2) is 9.14. The first-order chi connectivity index (χ1) is 16.4. The average molecular weight is 537 g/mol. The summed E-state index contributed by atoms with van der Waals surface area (Å²) >= 11 is 13.2. The van der Waals surface area contributed by atoms with Crippen molar-refractivity contribution in [1.82, 2.24) is 25.0 Å². The van der Waals surface area contributed by atoms with E-state index in [-0.39, 0.29) is 5.56 Å². The van der Waals surface area contributed by atoms with Gasteiger partial charge in [-0.05, 0) is 12.1 Å². The average Bonchev–Trinajstić information content (AvgIpc) is 3.59. The van der Waals surface area contributed by atoms with E-state index in [0.29, 0.717) is 26.9 Å². The van der Waals surface area contributed by atoms with Crippen molar-refractivity contribution in [3.63, 3.8) is 0 Å². The summed E-state index contributed by atoms with van der Waals surface area (Å²) in [5.41, 5.74) is 0.994. The topological polar surface area (TPSA) is 139 Å². The largest absolute Gasteiger partial charge is 0.394 e. The van der Waals surface area contributed by atoms with Gasteiger partial charge >= 0.3 is 0 Å². The number of nitriles is 1. The first-order valence-corrected chi connectivity index (χ1v) is 12.6. The summed E-state index contributed by atoms with van der Waals surface area (Å²) in [7, 11) is 1.45. The smallest absolute Gasteiger partial charge is 0.148 e. The van der Waals surface area contributed by atoms with Gasteiger partial charge in [0.2, 0.25) is 0 Å². The highest BCUT2D eigenvalue weighted by Gasteiger charge is 2.60. The Kier molecular flexibility index (Phi) is 6.34. The van der Waals surface area contributed by atoms with Gasteiger partial charge in [-0.3, -0.25) is 0 Å². The molecule has 0 bridgehead atoms. The molecule has 1 aromatic carbocycles. The van der Waals surface area contributed by atoms with Gasteiger partial charge in [-0.25, -0.2) is 14.6 Å². The lowest BCUT2D eigenvalue weighted by molar-refractivity contribution is -0.213. The standard InChI is InChI=1S/C20H17ClN6O4S3/c1-30-17-19(32)31-13(6-28)16(29)20(17,10-3-14-11(23-8-34-14)2-9(10)4-22)27-5-12(25-26-27)18-24-15(21)7-33-18/h2-3,5,7-8,13,16-17,19,28-29,32H,6H2,1H3/t13-,16+,17+,19-,20+/m0/s1. The second-order valence-corrected chi connectivity index (χ2v) is 10.2. The number of aromatic nitrogens is 5. The highest BCUT2D eigenvalue weighted by molar-refractivity contribution is 7.80. The molecular weight excluding hydrogens is 520 g/mol. The number of methoxy groups -OCH3 is 1. The van der Waals surface area contributed by atoms with Crippen LogP contribution in [0.5, 0.6) is 0 Å². The quantitative estimate of drug-likeness (QED) is 0.328. The Morgan fingerprint density at radius 2 is 2.24 bits per heavy atom. The molecule has 1 aliphatic rings. The maximum Gasteiger partial charge on any atom is 0.148 e. The number of fused-ring (bicyclic) bond motifs is 1. The number of thiol groups is 1. The lowest BCUT2D eigenvalue weighted by atomic mass is 9.74. The summed E-state index contributed by atoms with van der Waals surface area (Å²) in [5, 5.41) is 42.9. The highest BCUT2D eigenvalue weighted by Crippen LogP contribution is 2.46. The Hall–Kier alpha value is -2.15. The molecule has 5 atom stereocenters. The zero-order valence-corrected chi connectivity index (χ0v) is 20.7. The van der Waals surface area contributed by atoms with Gasteiger partial charge < -0.3 is 19.7 Å². The molecule has 0 radical (unpaired) electrons. The van der Waals surface area contributed by atoms with E-state index in [1.165, 1.54) is 34.5 Å². The molecule has 14 heteroatoms. The van der Waals surface area contributed by atoms with Crippen LogP contribution in [0.3, 0.4) is 0 Å². The van der Waals surface area contributed by atoms with Crippen LogP contribution in [0.2, 0.25) is 5.15 Å². The van der Waals surface area contributed by atoms with Crippen LogP contribution in [0.15, 0.2) is 29.2 Å². The molecular formula is C20H17ClN6O4S3. The number of benzene rings is 1. The normalized spacial score (nSPS) is 27.2. The first-order valence-electron chi connectivity index (χ1n) is 9.91. The number of rotatable bonds is 5. The summed E-state index contributed by atoms with van der Waals surface area (Å²) in [4.78, 5) is 8.54. The van der Waals surface area contributed by atoms with Gasteiger partial charge in [0.25, 0.3) is 0 Å². The van der Waals surface area contributed by atoms with E-state index in [1.54, 1.807) is 29.2 Å². The van der Waals surface area contributed by atoms with Crippen LogP contribution in [0.4, 0.5) is 0 Å². The predicted octanol–water partition coefficient (Wildman–Crippen LogP) is 2.30. The van der Waals surface area contributed by atoms with Gasteiger partial charge in [0.1, 0.15) is 45.1 Å². The Morgan fingerprint density at radius 1 is 1.41 bits per heavy atom. The lowest BCUT2D eigenvalue weighted by Gasteiger charge is -2.51. The number of hydrogen-bond donors (Lipinski definition) is 3. The minimum absolute atomic E-state index is 0.257. The summed E-state index contributed by atoms with van der Waals surface area (Å²) in [6.07, 6.45) is -1.76. The monoisotopic (exact) mass is 536 g/mol. The van der Waals surface area contributed by atoms with Gasteiger partial charge in [0.15, 0.2) is 0 Å². The number of ether oxygens (including phenoxy) is 2. The summed E-state index contributed by atoms with van der Waals surface area (Å²) in [5.74, 6) is 0. The van der Waals surface area contributed by atoms with Crippen molar-refractivity contribution in [2.45, 2.75) is 29.3 Å². The zero-order chi connectivity index (χ0) is 24.0. The molecule has 0 aliphatic carbocycles. The van der Waals surface area contributed by atoms with Crippen molar-refractivity contribution < 1.29 is 19.7 Å². The van der Waals surface area contributed by atoms with E-state index in [2.05, 4.69) is 39.0 Å². The Bertz CT molecular complexity index is 1390. The number of thiazole rings is 2. The van der Waals surface area contributed by atoms with Crippen molar-refractivity contribution in [3.8, 4) is 16.8 Å². The van der Waals surface area contributed by atoms with Crippen LogP contribution >= 0.6 is 46.9 Å². The van der Waals surface area contributed by atoms with Gasteiger partial charge in [0.05, 0.1) is 40.2 Å². The third-order valence-corrected chi connectivity index (χ3v) is 8.21. The fourth-order valence-corrected chi connectivity index (χ4v) is 6.48. The van der Waals surface area contributed by atoms with Crippen LogP contribution in [0.1, 0.15) is 11.1 Å². The molecule has 0 spiro atoms.